The maximum absolute atomic E-state index is 12.7. The second-order valence-electron chi connectivity index (χ2n) is 6.39. The van der Waals surface area contributed by atoms with Gasteiger partial charge in [-0.15, -0.1) is 0 Å². The normalized spacial score (nSPS) is 15.6. The number of anilines is 2. The second-order valence-corrected chi connectivity index (χ2v) is 6.39. The van der Waals surface area contributed by atoms with Crippen LogP contribution in [-0.2, 0) is 6.18 Å². The zero-order valence-electron chi connectivity index (χ0n) is 15.0. The minimum absolute atomic E-state index is 0.0886. The molecule has 1 saturated heterocycles. The van der Waals surface area contributed by atoms with Gasteiger partial charge in [0.15, 0.2) is 0 Å². The van der Waals surface area contributed by atoms with Crippen molar-refractivity contribution in [3.05, 3.63) is 53.9 Å². The van der Waals surface area contributed by atoms with Crippen LogP contribution in [0.4, 0.5) is 24.5 Å². The summed E-state index contributed by atoms with van der Waals surface area (Å²) in [4.78, 5) is 20.8. The van der Waals surface area contributed by atoms with Crippen molar-refractivity contribution in [3.63, 3.8) is 0 Å². The van der Waals surface area contributed by atoms with Crippen molar-refractivity contribution in [2.75, 3.05) is 38.0 Å². The molecule has 27 heavy (non-hydrogen) atoms. The van der Waals surface area contributed by atoms with E-state index in [1.807, 2.05) is 0 Å². The van der Waals surface area contributed by atoms with E-state index in [2.05, 4.69) is 22.1 Å². The van der Waals surface area contributed by atoms with Gasteiger partial charge < -0.3 is 15.1 Å². The molecule has 0 bridgehead atoms. The molecule has 1 aliphatic heterocycles. The van der Waals surface area contributed by atoms with Crippen LogP contribution in [0.15, 0.2) is 42.7 Å². The lowest BCUT2D eigenvalue weighted by molar-refractivity contribution is -0.137. The van der Waals surface area contributed by atoms with Gasteiger partial charge in [-0.2, -0.15) is 13.2 Å². The van der Waals surface area contributed by atoms with E-state index in [-0.39, 0.29) is 5.91 Å². The summed E-state index contributed by atoms with van der Waals surface area (Å²) in [6.07, 6.45) is -1.33. The molecule has 8 heteroatoms. The van der Waals surface area contributed by atoms with Crippen molar-refractivity contribution in [1.82, 2.24) is 14.8 Å². The monoisotopic (exact) mass is 378 g/mol. The van der Waals surface area contributed by atoms with Gasteiger partial charge in [0.1, 0.15) is 0 Å². The average Bonchev–Trinajstić information content (AvgIpc) is 2.67. The molecule has 1 fully saturated rings. The number of pyridine rings is 1. The van der Waals surface area contributed by atoms with Crippen LogP contribution in [0.1, 0.15) is 22.8 Å². The summed E-state index contributed by atoms with van der Waals surface area (Å²) in [6, 6.07) is 6.39. The van der Waals surface area contributed by atoms with E-state index in [9.17, 15) is 18.0 Å². The molecule has 144 valence electrons. The molecule has 2 heterocycles. The molecule has 1 N–H and O–H groups in total. The fourth-order valence-electron chi connectivity index (χ4n) is 2.98. The molecular weight excluding hydrogens is 357 g/mol. The number of amides is 1. The second kappa shape index (κ2) is 7.96. The maximum Gasteiger partial charge on any atom is 0.416 e. The Bertz CT molecular complexity index is 784. The lowest BCUT2D eigenvalue weighted by Gasteiger charge is -2.34. The number of alkyl halides is 3. The number of carbonyl (C=O) groups is 1. The van der Waals surface area contributed by atoms with E-state index >= 15 is 0 Å². The van der Waals surface area contributed by atoms with Gasteiger partial charge >= 0.3 is 6.18 Å². The molecular formula is C19H21F3N4O. The summed E-state index contributed by atoms with van der Waals surface area (Å²) in [5.74, 6) is -0.0886. The Hall–Kier alpha value is -2.61. The van der Waals surface area contributed by atoms with Gasteiger partial charge in [0, 0.05) is 38.1 Å². The van der Waals surface area contributed by atoms with E-state index in [1.165, 1.54) is 24.5 Å². The van der Waals surface area contributed by atoms with E-state index in [0.29, 0.717) is 30.0 Å². The Labute approximate surface area is 155 Å². The highest BCUT2D eigenvalue weighted by Gasteiger charge is 2.30. The third-order valence-electron chi connectivity index (χ3n) is 4.59. The molecule has 3 rings (SSSR count). The smallest absolute Gasteiger partial charge is 0.354 e. The molecule has 0 aliphatic carbocycles. The predicted octanol–water partition coefficient (Wildman–Crippen LogP) is 3.62. The number of nitrogens with one attached hydrogen (secondary N) is 1. The summed E-state index contributed by atoms with van der Waals surface area (Å²) < 4.78 is 37.9. The van der Waals surface area contributed by atoms with Crippen molar-refractivity contribution in [2.45, 2.75) is 13.1 Å². The molecule has 0 spiro atoms. The van der Waals surface area contributed by atoms with E-state index in [1.54, 1.807) is 11.0 Å². The highest BCUT2D eigenvalue weighted by Crippen LogP contribution is 2.30. The molecule has 0 atom stereocenters. The van der Waals surface area contributed by atoms with Crippen LogP contribution in [-0.4, -0.2) is 53.4 Å². The predicted molar refractivity (Wildman–Crippen MR) is 97.0 cm³/mol. The molecule has 0 saturated carbocycles. The molecule has 1 aromatic heterocycles. The minimum atomic E-state index is -4.37. The van der Waals surface area contributed by atoms with Crippen LogP contribution >= 0.6 is 0 Å². The van der Waals surface area contributed by atoms with Crippen LogP contribution in [0, 0.1) is 0 Å². The van der Waals surface area contributed by atoms with E-state index in [4.69, 9.17) is 0 Å². The maximum atomic E-state index is 12.7. The number of halogens is 3. The number of hydrogen-bond acceptors (Lipinski definition) is 4. The first-order valence-corrected chi connectivity index (χ1v) is 8.78. The quantitative estimate of drug-likeness (QED) is 0.883. The fraction of sp³-hybridized carbons (Fsp3) is 0.368. The summed E-state index contributed by atoms with van der Waals surface area (Å²) in [5.41, 5.74) is 0.789. The van der Waals surface area contributed by atoms with Crippen molar-refractivity contribution < 1.29 is 18.0 Å². The molecule has 1 aromatic carbocycles. The van der Waals surface area contributed by atoms with Gasteiger partial charge in [0.05, 0.1) is 23.0 Å². The Morgan fingerprint density at radius 2 is 1.74 bits per heavy atom. The summed E-state index contributed by atoms with van der Waals surface area (Å²) >= 11 is 0. The number of carbonyl (C=O) groups excluding carboxylic acids is 1. The summed E-state index contributed by atoms with van der Waals surface area (Å²) in [6.45, 7) is 6.10. The van der Waals surface area contributed by atoms with Crippen LogP contribution in [0.5, 0.6) is 0 Å². The van der Waals surface area contributed by atoms with Crippen molar-refractivity contribution >= 4 is 17.3 Å². The first-order valence-electron chi connectivity index (χ1n) is 8.78. The van der Waals surface area contributed by atoms with Crippen LogP contribution in [0.2, 0.25) is 0 Å². The number of aromatic nitrogens is 1. The average molecular weight is 378 g/mol. The Kier molecular flexibility index (Phi) is 5.65. The summed E-state index contributed by atoms with van der Waals surface area (Å²) in [5, 5.41) is 2.99. The largest absolute Gasteiger partial charge is 0.416 e. The third-order valence-corrected chi connectivity index (χ3v) is 4.59. The third kappa shape index (κ3) is 4.77. The van der Waals surface area contributed by atoms with Crippen LogP contribution in [0.3, 0.4) is 0 Å². The van der Waals surface area contributed by atoms with Gasteiger partial charge in [-0.05, 0) is 36.9 Å². The Morgan fingerprint density at radius 3 is 2.33 bits per heavy atom. The van der Waals surface area contributed by atoms with Crippen molar-refractivity contribution in [3.8, 4) is 0 Å². The van der Waals surface area contributed by atoms with Crippen molar-refractivity contribution in [2.24, 2.45) is 0 Å². The Morgan fingerprint density at radius 1 is 1.07 bits per heavy atom. The highest BCUT2D eigenvalue weighted by molar-refractivity contribution is 5.95. The van der Waals surface area contributed by atoms with Gasteiger partial charge in [-0.25, -0.2) is 0 Å². The lowest BCUT2D eigenvalue weighted by atomic mass is 10.2. The number of rotatable bonds is 4. The topological polar surface area (TPSA) is 48.5 Å². The number of piperazine rings is 1. The number of benzene rings is 1. The standard InChI is InChI=1S/C19H21F3N4O/c1-2-25-7-9-26(10-8-25)18(27)14-11-17(13-23-12-14)24-16-5-3-15(4-6-16)19(20,21)22/h3-6,11-13,24H,2,7-10H2,1H3. The van der Waals surface area contributed by atoms with Gasteiger partial charge in [0.2, 0.25) is 0 Å². The molecule has 0 unspecified atom stereocenters. The van der Waals surface area contributed by atoms with Crippen LogP contribution < -0.4 is 5.32 Å². The molecule has 1 amide bonds. The molecule has 0 radical (unpaired) electrons. The lowest BCUT2D eigenvalue weighted by Crippen LogP contribution is -2.48. The fourth-order valence-corrected chi connectivity index (χ4v) is 2.98. The minimum Gasteiger partial charge on any atom is -0.354 e. The molecule has 1 aliphatic rings. The number of nitrogens with zero attached hydrogens (tertiary/aromatic N) is 3. The highest BCUT2D eigenvalue weighted by atomic mass is 19.4. The summed E-state index contributed by atoms with van der Waals surface area (Å²) in [7, 11) is 0. The zero-order valence-corrected chi connectivity index (χ0v) is 15.0. The van der Waals surface area contributed by atoms with Gasteiger partial charge in [-0.1, -0.05) is 6.92 Å². The molecule has 5 nitrogen and oxygen atoms in total. The van der Waals surface area contributed by atoms with Gasteiger partial charge in [0.25, 0.3) is 5.91 Å². The number of hydrogen-bond donors (Lipinski definition) is 1. The zero-order chi connectivity index (χ0) is 19.4. The van der Waals surface area contributed by atoms with Gasteiger partial charge in [-0.3, -0.25) is 9.78 Å². The first kappa shape index (κ1) is 19.2. The molecule has 2 aromatic rings. The van der Waals surface area contributed by atoms with E-state index in [0.717, 1.165) is 31.8 Å². The first-order chi connectivity index (χ1) is 12.9. The Balaban J connectivity index is 1.67. The van der Waals surface area contributed by atoms with Crippen molar-refractivity contribution in [1.29, 1.82) is 0 Å². The van der Waals surface area contributed by atoms with E-state index < -0.39 is 11.7 Å². The van der Waals surface area contributed by atoms with Crippen LogP contribution in [0.25, 0.3) is 0 Å². The SMILES string of the molecule is CCN1CCN(C(=O)c2cncc(Nc3ccc(C(F)(F)F)cc3)c2)CC1. The number of likely N-dealkylation sites (N-methyl/N-ethyl adjacent to an activating group) is 1.